The molecule has 0 spiro atoms. The van der Waals surface area contributed by atoms with Gasteiger partial charge in [0, 0.05) is 11.9 Å². The number of amides is 2. The lowest BCUT2D eigenvalue weighted by Gasteiger charge is -2.18. The molecule has 2 aromatic rings. The summed E-state index contributed by atoms with van der Waals surface area (Å²) in [4.78, 5) is 25.7. The van der Waals surface area contributed by atoms with E-state index in [1.54, 1.807) is 0 Å². The van der Waals surface area contributed by atoms with Gasteiger partial charge in [-0.25, -0.2) is 8.78 Å². The quantitative estimate of drug-likeness (QED) is 0.871. The minimum atomic E-state index is -0.936. The number of carbonyl (C=O) groups is 2. The number of carbonyl (C=O) groups excluding carboxylic acids is 2. The van der Waals surface area contributed by atoms with Gasteiger partial charge >= 0.3 is 0 Å². The van der Waals surface area contributed by atoms with Crippen molar-refractivity contribution in [3.8, 4) is 0 Å². The van der Waals surface area contributed by atoms with Crippen molar-refractivity contribution in [2.45, 2.75) is 26.2 Å². The molecule has 1 aliphatic rings. The number of fused-ring (bicyclic) bond motifs is 1. The second-order valence-electron chi connectivity index (χ2n) is 6.19. The van der Waals surface area contributed by atoms with E-state index in [4.69, 9.17) is 0 Å². The third-order valence-corrected chi connectivity index (χ3v) is 5.55. The molecule has 3 rings (SSSR count). The molecule has 1 aromatic carbocycles. The molecule has 0 radical (unpaired) electrons. The van der Waals surface area contributed by atoms with E-state index >= 15 is 0 Å². The molecule has 7 heteroatoms. The van der Waals surface area contributed by atoms with Crippen LogP contribution in [0.4, 0.5) is 13.8 Å². The van der Waals surface area contributed by atoms with Crippen LogP contribution in [0.2, 0.25) is 0 Å². The SMILES string of the molecule is CNC(=O)c1c(NC(=O)c2c(F)cccc2F)sc2c1CCC(C)C2. The van der Waals surface area contributed by atoms with Crippen LogP contribution in [0.25, 0.3) is 0 Å². The predicted octanol–water partition coefficient (Wildman–Crippen LogP) is 3.76. The van der Waals surface area contributed by atoms with E-state index in [2.05, 4.69) is 17.6 Å². The molecule has 0 bridgehead atoms. The molecule has 1 aliphatic carbocycles. The summed E-state index contributed by atoms with van der Waals surface area (Å²) in [7, 11) is 1.51. The average molecular weight is 364 g/mol. The summed E-state index contributed by atoms with van der Waals surface area (Å²) in [6.45, 7) is 2.13. The van der Waals surface area contributed by atoms with Gasteiger partial charge in [-0.1, -0.05) is 13.0 Å². The fourth-order valence-corrected chi connectivity index (χ4v) is 4.49. The molecule has 132 valence electrons. The first kappa shape index (κ1) is 17.5. The molecule has 1 aromatic heterocycles. The first-order valence-electron chi connectivity index (χ1n) is 8.04. The van der Waals surface area contributed by atoms with E-state index < -0.39 is 23.1 Å². The molecule has 4 nitrogen and oxygen atoms in total. The van der Waals surface area contributed by atoms with Gasteiger partial charge in [-0.15, -0.1) is 11.3 Å². The van der Waals surface area contributed by atoms with E-state index in [1.807, 2.05) is 0 Å². The summed E-state index contributed by atoms with van der Waals surface area (Å²) in [5, 5.41) is 5.45. The molecule has 0 fully saturated rings. The highest BCUT2D eigenvalue weighted by molar-refractivity contribution is 7.17. The molecule has 2 amide bonds. The smallest absolute Gasteiger partial charge is 0.262 e. The van der Waals surface area contributed by atoms with Crippen LogP contribution in [0, 0.1) is 17.6 Å². The number of thiophene rings is 1. The summed E-state index contributed by atoms with van der Waals surface area (Å²) in [6, 6.07) is 3.25. The Balaban J connectivity index is 2.00. The monoisotopic (exact) mass is 364 g/mol. The first-order valence-corrected chi connectivity index (χ1v) is 8.86. The molecule has 2 N–H and O–H groups in total. The Hall–Kier alpha value is -2.28. The lowest BCUT2D eigenvalue weighted by molar-refractivity contribution is 0.0963. The van der Waals surface area contributed by atoms with Gasteiger partial charge in [-0.05, 0) is 42.9 Å². The number of anilines is 1. The normalized spacial score (nSPS) is 16.2. The average Bonchev–Trinajstić information content (AvgIpc) is 2.90. The van der Waals surface area contributed by atoms with Gasteiger partial charge in [0.1, 0.15) is 22.2 Å². The Morgan fingerprint density at radius 1 is 1.16 bits per heavy atom. The zero-order chi connectivity index (χ0) is 18.1. The fraction of sp³-hybridized carbons (Fsp3) is 0.333. The predicted molar refractivity (Wildman–Crippen MR) is 93.2 cm³/mol. The Morgan fingerprint density at radius 2 is 1.84 bits per heavy atom. The largest absolute Gasteiger partial charge is 0.355 e. The van der Waals surface area contributed by atoms with Crippen LogP contribution in [0.15, 0.2) is 18.2 Å². The Labute approximate surface area is 148 Å². The van der Waals surface area contributed by atoms with E-state index in [9.17, 15) is 18.4 Å². The van der Waals surface area contributed by atoms with Crippen molar-refractivity contribution in [1.82, 2.24) is 5.32 Å². The molecule has 0 saturated carbocycles. The number of rotatable bonds is 3. The number of halogens is 2. The third kappa shape index (κ3) is 3.28. The summed E-state index contributed by atoms with van der Waals surface area (Å²) >= 11 is 1.31. The van der Waals surface area contributed by atoms with Gasteiger partial charge in [0.2, 0.25) is 0 Å². The number of benzene rings is 1. The minimum absolute atomic E-state index is 0.309. The number of nitrogens with one attached hydrogen (secondary N) is 2. The number of hydrogen-bond donors (Lipinski definition) is 2. The lowest BCUT2D eigenvalue weighted by Crippen LogP contribution is -2.23. The Kier molecular flexibility index (Phi) is 4.85. The second kappa shape index (κ2) is 6.92. The van der Waals surface area contributed by atoms with Crippen molar-refractivity contribution in [2.24, 2.45) is 5.92 Å². The van der Waals surface area contributed by atoms with Crippen molar-refractivity contribution in [1.29, 1.82) is 0 Å². The lowest BCUT2D eigenvalue weighted by atomic mass is 9.88. The summed E-state index contributed by atoms with van der Waals surface area (Å²) < 4.78 is 27.7. The zero-order valence-electron chi connectivity index (χ0n) is 13.9. The maximum absolute atomic E-state index is 13.8. The second-order valence-corrected chi connectivity index (χ2v) is 7.29. The van der Waals surface area contributed by atoms with Gasteiger partial charge in [-0.2, -0.15) is 0 Å². The van der Waals surface area contributed by atoms with Crippen LogP contribution in [0.1, 0.15) is 44.5 Å². The van der Waals surface area contributed by atoms with E-state index in [0.717, 1.165) is 41.8 Å². The molecule has 25 heavy (non-hydrogen) atoms. The summed E-state index contributed by atoms with van der Waals surface area (Å²) in [5.74, 6) is -2.58. The van der Waals surface area contributed by atoms with Crippen LogP contribution in [-0.4, -0.2) is 18.9 Å². The van der Waals surface area contributed by atoms with Gasteiger partial charge < -0.3 is 10.6 Å². The molecular weight excluding hydrogens is 346 g/mol. The van der Waals surface area contributed by atoms with Gasteiger partial charge in [0.25, 0.3) is 11.8 Å². The van der Waals surface area contributed by atoms with Crippen LogP contribution in [-0.2, 0) is 12.8 Å². The first-order chi connectivity index (χ1) is 11.9. The highest BCUT2D eigenvalue weighted by Crippen LogP contribution is 2.39. The highest BCUT2D eigenvalue weighted by Gasteiger charge is 2.29. The van der Waals surface area contributed by atoms with Gasteiger partial charge in [0.15, 0.2) is 0 Å². The highest BCUT2D eigenvalue weighted by atomic mass is 32.1. The molecule has 1 heterocycles. The van der Waals surface area contributed by atoms with Crippen molar-refractivity contribution in [2.75, 3.05) is 12.4 Å². The molecule has 1 atom stereocenters. The summed E-state index contributed by atoms with van der Waals surface area (Å²) in [5.41, 5.74) is 0.677. The van der Waals surface area contributed by atoms with E-state index in [-0.39, 0.29) is 5.91 Å². The van der Waals surface area contributed by atoms with Gasteiger partial charge in [0.05, 0.1) is 5.56 Å². The maximum atomic E-state index is 13.8. The standard InChI is InChI=1S/C18H18F2N2O2S/c1-9-6-7-10-13(8-9)25-18(14(10)16(23)21-2)22-17(24)15-11(19)4-3-5-12(15)20/h3-5,9H,6-8H2,1-2H3,(H,21,23)(H,22,24). The Morgan fingerprint density at radius 3 is 2.48 bits per heavy atom. The van der Waals surface area contributed by atoms with E-state index in [1.165, 1.54) is 24.5 Å². The molecular formula is C18H18F2N2O2S. The van der Waals surface area contributed by atoms with Crippen molar-refractivity contribution < 1.29 is 18.4 Å². The van der Waals surface area contributed by atoms with Crippen molar-refractivity contribution in [3.05, 3.63) is 51.4 Å². The Bertz CT molecular complexity index is 828. The van der Waals surface area contributed by atoms with Crippen molar-refractivity contribution in [3.63, 3.8) is 0 Å². The van der Waals surface area contributed by atoms with E-state index in [0.29, 0.717) is 16.5 Å². The summed E-state index contributed by atoms with van der Waals surface area (Å²) in [6.07, 6.45) is 2.54. The number of hydrogen-bond acceptors (Lipinski definition) is 3. The topological polar surface area (TPSA) is 58.2 Å². The van der Waals surface area contributed by atoms with Gasteiger partial charge in [-0.3, -0.25) is 9.59 Å². The van der Waals surface area contributed by atoms with Crippen LogP contribution < -0.4 is 10.6 Å². The third-order valence-electron chi connectivity index (χ3n) is 4.38. The van der Waals surface area contributed by atoms with Crippen LogP contribution >= 0.6 is 11.3 Å². The fourth-order valence-electron chi connectivity index (χ4n) is 3.08. The molecule has 1 unspecified atom stereocenters. The molecule has 0 saturated heterocycles. The van der Waals surface area contributed by atoms with Crippen LogP contribution in [0.5, 0.6) is 0 Å². The maximum Gasteiger partial charge on any atom is 0.262 e. The van der Waals surface area contributed by atoms with Crippen molar-refractivity contribution >= 4 is 28.2 Å². The van der Waals surface area contributed by atoms with Crippen LogP contribution in [0.3, 0.4) is 0 Å². The minimum Gasteiger partial charge on any atom is -0.355 e. The zero-order valence-corrected chi connectivity index (χ0v) is 14.7. The molecule has 0 aliphatic heterocycles.